The van der Waals surface area contributed by atoms with Gasteiger partial charge in [-0.25, -0.2) is 9.59 Å². The van der Waals surface area contributed by atoms with Crippen molar-refractivity contribution in [3.05, 3.63) is 68.6 Å². The Morgan fingerprint density at radius 2 is 1.92 bits per heavy atom. The van der Waals surface area contributed by atoms with E-state index in [4.69, 9.17) is 0 Å². The standard InChI is InChI=1S/C16H14N4O5/c21-13-6-11(19-16(25)20-13)14(22)18-12(15(23)24)5-8-7-17-10-4-2-1-3-9(8)10/h1-4,6-7,12,17H,5H2,(H,18,22)(H,23,24)(H2,19,20,21,25). The molecule has 0 bridgehead atoms. The van der Waals surface area contributed by atoms with Gasteiger partial charge in [0.1, 0.15) is 11.7 Å². The first kappa shape index (κ1) is 16.2. The van der Waals surface area contributed by atoms with Gasteiger partial charge in [0.15, 0.2) is 0 Å². The van der Waals surface area contributed by atoms with Gasteiger partial charge in [-0.1, -0.05) is 18.2 Å². The fourth-order valence-corrected chi connectivity index (χ4v) is 2.55. The molecular weight excluding hydrogens is 328 g/mol. The van der Waals surface area contributed by atoms with E-state index in [9.17, 15) is 24.3 Å². The molecule has 9 nitrogen and oxygen atoms in total. The predicted molar refractivity (Wildman–Crippen MR) is 88.6 cm³/mol. The number of hydrogen-bond donors (Lipinski definition) is 5. The lowest BCUT2D eigenvalue weighted by Gasteiger charge is -2.14. The van der Waals surface area contributed by atoms with Gasteiger partial charge in [0.2, 0.25) is 0 Å². The monoisotopic (exact) mass is 342 g/mol. The summed E-state index contributed by atoms with van der Waals surface area (Å²) in [4.78, 5) is 53.3. The summed E-state index contributed by atoms with van der Waals surface area (Å²) in [5, 5.41) is 12.6. The number of fused-ring (bicyclic) bond motifs is 1. The van der Waals surface area contributed by atoms with E-state index in [-0.39, 0.29) is 12.1 Å². The average Bonchev–Trinajstić information content (AvgIpc) is 2.96. The van der Waals surface area contributed by atoms with Gasteiger partial charge in [0.25, 0.3) is 11.5 Å². The van der Waals surface area contributed by atoms with Crippen molar-refractivity contribution >= 4 is 22.8 Å². The summed E-state index contributed by atoms with van der Waals surface area (Å²) in [7, 11) is 0. The van der Waals surface area contributed by atoms with Crippen LogP contribution in [0.25, 0.3) is 10.9 Å². The van der Waals surface area contributed by atoms with Crippen LogP contribution >= 0.6 is 0 Å². The fraction of sp³-hybridized carbons (Fsp3) is 0.125. The highest BCUT2D eigenvalue weighted by Gasteiger charge is 2.23. The van der Waals surface area contributed by atoms with E-state index in [1.807, 2.05) is 29.2 Å². The van der Waals surface area contributed by atoms with Crippen LogP contribution in [0.5, 0.6) is 0 Å². The summed E-state index contributed by atoms with van der Waals surface area (Å²) in [6, 6.07) is 7.04. The van der Waals surface area contributed by atoms with Crippen molar-refractivity contribution in [2.75, 3.05) is 0 Å². The van der Waals surface area contributed by atoms with E-state index in [1.165, 1.54) is 0 Å². The molecule has 128 valence electrons. The summed E-state index contributed by atoms with van der Waals surface area (Å²) < 4.78 is 0. The van der Waals surface area contributed by atoms with Crippen molar-refractivity contribution in [2.45, 2.75) is 12.5 Å². The van der Waals surface area contributed by atoms with Gasteiger partial charge in [0, 0.05) is 29.6 Å². The first-order chi connectivity index (χ1) is 11.9. The maximum absolute atomic E-state index is 12.2. The molecule has 1 amide bonds. The Labute approximate surface area is 139 Å². The lowest BCUT2D eigenvalue weighted by atomic mass is 10.0. The Bertz CT molecular complexity index is 1030. The Kier molecular flexibility index (Phi) is 4.21. The average molecular weight is 342 g/mol. The zero-order valence-electron chi connectivity index (χ0n) is 12.8. The number of hydrogen-bond acceptors (Lipinski definition) is 4. The molecule has 1 unspecified atom stereocenters. The second-order valence-corrected chi connectivity index (χ2v) is 5.43. The molecule has 3 aromatic rings. The minimum atomic E-state index is -1.23. The quantitative estimate of drug-likeness (QED) is 0.441. The smallest absolute Gasteiger partial charge is 0.326 e. The van der Waals surface area contributed by atoms with E-state index in [0.29, 0.717) is 0 Å². The van der Waals surface area contributed by atoms with Crippen LogP contribution < -0.4 is 16.6 Å². The third-order valence-corrected chi connectivity index (χ3v) is 3.71. The van der Waals surface area contributed by atoms with Gasteiger partial charge in [-0.2, -0.15) is 0 Å². The molecule has 0 spiro atoms. The molecule has 1 atom stereocenters. The number of para-hydroxylation sites is 1. The van der Waals surface area contributed by atoms with Crippen LogP contribution in [-0.2, 0) is 11.2 Å². The van der Waals surface area contributed by atoms with Crippen molar-refractivity contribution in [3.63, 3.8) is 0 Å². The molecule has 0 aliphatic rings. The maximum atomic E-state index is 12.2. The highest BCUT2D eigenvalue weighted by molar-refractivity contribution is 5.95. The topological polar surface area (TPSA) is 148 Å². The van der Waals surface area contributed by atoms with Crippen LogP contribution in [0.4, 0.5) is 0 Å². The summed E-state index contributed by atoms with van der Waals surface area (Å²) in [5.74, 6) is -2.08. The van der Waals surface area contributed by atoms with Crippen molar-refractivity contribution < 1.29 is 14.7 Å². The molecule has 5 N–H and O–H groups in total. The predicted octanol–water partition coefficient (Wildman–Crippen LogP) is -0.0298. The molecule has 2 heterocycles. The van der Waals surface area contributed by atoms with Crippen molar-refractivity contribution in [1.82, 2.24) is 20.3 Å². The van der Waals surface area contributed by atoms with Crippen LogP contribution in [-0.4, -0.2) is 38.0 Å². The molecule has 0 saturated carbocycles. The Morgan fingerprint density at radius 1 is 1.16 bits per heavy atom. The van der Waals surface area contributed by atoms with E-state index >= 15 is 0 Å². The number of carbonyl (C=O) groups excluding carboxylic acids is 1. The van der Waals surface area contributed by atoms with E-state index in [2.05, 4.69) is 15.3 Å². The Balaban J connectivity index is 1.84. The molecular formula is C16H14N4O5. The zero-order valence-corrected chi connectivity index (χ0v) is 12.8. The van der Waals surface area contributed by atoms with Crippen LogP contribution in [0.2, 0.25) is 0 Å². The lowest BCUT2D eigenvalue weighted by molar-refractivity contribution is -0.139. The molecule has 3 rings (SSSR count). The van der Waals surface area contributed by atoms with Gasteiger partial charge in [-0.3, -0.25) is 14.6 Å². The number of rotatable bonds is 5. The van der Waals surface area contributed by atoms with Crippen molar-refractivity contribution in [2.24, 2.45) is 0 Å². The zero-order chi connectivity index (χ0) is 18.0. The van der Waals surface area contributed by atoms with Crippen LogP contribution in [0.3, 0.4) is 0 Å². The first-order valence-corrected chi connectivity index (χ1v) is 7.36. The van der Waals surface area contributed by atoms with Gasteiger partial charge < -0.3 is 20.4 Å². The summed E-state index contributed by atoms with van der Waals surface area (Å²) >= 11 is 0. The normalized spacial score (nSPS) is 12.0. The van der Waals surface area contributed by atoms with Gasteiger partial charge in [-0.05, 0) is 11.6 Å². The van der Waals surface area contributed by atoms with E-state index < -0.39 is 29.2 Å². The van der Waals surface area contributed by atoms with Gasteiger partial charge in [0.05, 0.1) is 0 Å². The van der Waals surface area contributed by atoms with Gasteiger partial charge >= 0.3 is 11.7 Å². The molecule has 25 heavy (non-hydrogen) atoms. The third kappa shape index (κ3) is 3.50. The number of carboxylic acid groups (broad SMARTS) is 1. The highest BCUT2D eigenvalue weighted by atomic mass is 16.4. The summed E-state index contributed by atoms with van der Waals surface area (Å²) in [6.45, 7) is 0. The number of H-pyrrole nitrogens is 3. The summed E-state index contributed by atoms with van der Waals surface area (Å²) in [5.41, 5.74) is -0.327. The fourth-order valence-electron chi connectivity index (χ4n) is 2.55. The molecule has 1 aromatic carbocycles. The number of aromatic nitrogens is 3. The molecule has 2 aromatic heterocycles. The molecule has 0 radical (unpaired) electrons. The SMILES string of the molecule is O=C(NC(Cc1c[nH]c2ccccc12)C(=O)O)c1cc(=O)[nH]c(=O)[nH]1. The van der Waals surface area contributed by atoms with Gasteiger partial charge in [-0.15, -0.1) is 0 Å². The number of aromatic amines is 3. The number of benzene rings is 1. The highest BCUT2D eigenvalue weighted by Crippen LogP contribution is 2.19. The summed E-state index contributed by atoms with van der Waals surface area (Å²) in [6.07, 6.45) is 1.72. The van der Waals surface area contributed by atoms with E-state index in [0.717, 1.165) is 22.5 Å². The minimum Gasteiger partial charge on any atom is -0.480 e. The second-order valence-electron chi connectivity index (χ2n) is 5.43. The molecule has 9 heteroatoms. The van der Waals surface area contributed by atoms with Crippen molar-refractivity contribution in [1.29, 1.82) is 0 Å². The van der Waals surface area contributed by atoms with Crippen LogP contribution in [0.1, 0.15) is 16.1 Å². The number of carbonyl (C=O) groups is 2. The first-order valence-electron chi connectivity index (χ1n) is 7.36. The van der Waals surface area contributed by atoms with E-state index in [1.54, 1.807) is 6.20 Å². The van der Waals surface area contributed by atoms with Crippen LogP contribution in [0.15, 0.2) is 46.1 Å². The second kappa shape index (κ2) is 6.48. The maximum Gasteiger partial charge on any atom is 0.326 e. The number of aliphatic carboxylic acids is 1. The molecule has 0 aliphatic heterocycles. The Hall–Kier alpha value is -3.62. The third-order valence-electron chi connectivity index (χ3n) is 3.71. The number of amides is 1. The minimum absolute atomic E-state index is 0.0402. The molecule has 0 saturated heterocycles. The number of carboxylic acids is 1. The lowest BCUT2D eigenvalue weighted by Crippen LogP contribution is -2.43. The molecule has 0 aliphatic carbocycles. The molecule has 0 fully saturated rings. The van der Waals surface area contributed by atoms with Crippen LogP contribution in [0, 0.1) is 0 Å². The largest absolute Gasteiger partial charge is 0.480 e. The Morgan fingerprint density at radius 3 is 2.64 bits per heavy atom. The number of nitrogens with one attached hydrogen (secondary N) is 4. The van der Waals surface area contributed by atoms with Crippen molar-refractivity contribution in [3.8, 4) is 0 Å².